The summed E-state index contributed by atoms with van der Waals surface area (Å²) in [4.78, 5) is 6.60. The standard InChI is InChI=1S/C12H18N2O2S/c1-8-3-4-14-10(6-13-11(14)5-8)7-17-12(16)9(2)15/h3-5,9-10,12,15-16H,6-7H2,1-2H3. The fourth-order valence-electron chi connectivity index (χ4n) is 1.81. The van der Waals surface area contributed by atoms with E-state index in [4.69, 9.17) is 0 Å². The molecule has 2 heterocycles. The highest BCUT2D eigenvalue weighted by Gasteiger charge is 2.27. The highest BCUT2D eigenvalue weighted by molar-refractivity contribution is 7.99. The van der Waals surface area contributed by atoms with Crippen LogP contribution >= 0.6 is 11.8 Å². The van der Waals surface area contributed by atoms with Gasteiger partial charge in [-0.1, -0.05) is 0 Å². The van der Waals surface area contributed by atoms with Gasteiger partial charge in [0.15, 0.2) is 0 Å². The van der Waals surface area contributed by atoms with Gasteiger partial charge in [0.25, 0.3) is 0 Å². The summed E-state index contributed by atoms with van der Waals surface area (Å²) >= 11 is 1.37. The van der Waals surface area contributed by atoms with Crippen molar-refractivity contribution in [3.63, 3.8) is 0 Å². The van der Waals surface area contributed by atoms with Gasteiger partial charge in [0, 0.05) is 12.0 Å². The first-order valence-corrected chi connectivity index (χ1v) is 6.80. The Morgan fingerprint density at radius 3 is 3.06 bits per heavy atom. The summed E-state index contributed by atoms with van der Waals surface area (Å²) in [5, 5.41) is 18.8. The van der Waals surface area contributed by atoms with Gasteiger partial charge in [0.05, 0.1) is 18.7 Å². The highest BCUT2D eigenvalue weighted by Crippen LogP contribution is 2.23. The van der Waals surface area contributed by atoms with Gasteiger partial charge in [-0.2, -0.15) is 0 Å². The molecule has 2 aliphatic rings. The van der Waals surface area contributed by atoms with Crippen LogP contribution in [0.2, 0.25) is 0 Å². The summed E-state index contributed by atoms with van der Waals surface area (Å²) in [6.45, 7) is 4.40. The van der Waals surface area contributed by atoms with Gasteiger partial charge in [0.2, 0.25) is 0 Å². The Bertz CT molecular complexity index is 377. The van der Waals surface area contributed by atoms with Crippen LogP contribution in [-0.4, -0.2) is 50.8 Å². The van der Waals surface area contributed by atoms with E-state index in [0.717, 1.165) is 18.1 Å². The maximum atomic E-state index is 9.55. The van der Waals surface area contributed by atoms with E-state index in [1.54, 1.807) is 6.92 Å². The normalized spacial score (nSPS) is 26.4. The molecule has 3 atom stereocenters. The number of aliphatic imine (C=N–C) groups is 1. The zero-order valence-electron chi connectivity index (χ0n) is 10.1. The van der Waals surface area contributed by atoms with Gasteiger partial charge in [0.1, 0.15) is 11.3 Å². The molecule has 0 saturated heterocycles. The van der Waals surface area contributed by atoms with Crippen molar-refractivity contribution in [1.82, 2.24) is 4.90 Å². The number of rotatable bonds is 4. The molecule has 5 heteroatoms. The fourth-order valence-corrected chi connectivity index (χ4v) is 2.77. The Hall–Kier alpha value is -0.780. The van der Waals surface area contributed by atoms with E-state index in [1.165, 1.54) is 17.3 Å². The molecule has 94 valence electrons. The lowest BCUT2D eigenvalue weighted by molar-refractivity contribution is 0.0872. The van der Waals surface area contributed by atoms with Crippen molar-refractivity contribution in [1.29, 1.82) is 0 Å². The largest absolute Gasteiger partial charge is 0.390 e. The minimum absolute atomic E-state index is 0.281. The molecular weight excluding hydrogens is 236 g/mol. The fraction of sp³-hybridized carbons (Fsp3) is 0.583. The summed E-state index contributed by atoms with van der Waals surface area (Å²) in [6.07, 6.45) is 5.48. The molecule has 0 bridgehead atoms. The molecule has 0 spiro atoms. The predicted octanol–water partition coefficient (Wildman–Crippen LogP) is 0.975. The minimum Gasteiger partial charge on any atom is -0.390 e. The average molecular weight is 254 g/mol. The number of amidine groups is 1. The van der Waals surface area contributed by atoms with E-state index in [1.807, 2.05) is 6.20 Å². The van der Waals surface area contributed by atoms with Crippen LogP contribution in [0.4, 0.5) is 0 Å². The maximum absolute atomic E-state index is 9.55. The third-order valence-electron chi connectivity index (χ3n) is 2.85. The molecule has 0 aromatic carbocycles. The van der Waals surface area contributed by atoms with Crippen molar-refractivity contribution in [2.75, 3.05) is 12.3 Å². The number of nitrogens with zero attached hydrogens (tertiary/aromatic N) is 2. The van der Waals surface area contributed by atoms with Crippen LogP contribution in [0.25, 0.3) is 0 Å². The van der Waals surface area contributed by atoms with Crippen molar-refractivity contribution < 1.29 is 10.2 Å². The summed E-state index contributed by atoms with van der Waals surface area (Å²) < 4.78 is 0. The van der Waals surface area contributed by atoms with Gasteiger partial charge in [-0.05, 0) is 31.6 Å². The molecule has 0 amide bonds. The topological polar surface area (TPSA) is 56.1 Å². The molecule has 0 aromatic rings. The number of hydrogen-bond donors (Lipinski definition) is 2. The molecule has 0 aromatic heterocycles. The van der Waals surface area contributed by atoms with E-state index >= 15 is 0 Å². The molecular formula is C12H18N2O2S. The van der Waals surface area contributed by atoms with Crippen molar-refractivity contribution >= 4 is 17.6 Å². The van der Waals surface area contributed by atoms with Gasteiger partial charge in [-0.3, -0.25) is 4.99 Å². The first-order chi connectivity index (χ1) is 8.08. The first kappa shape index (κ1) is 12.7. The lowest BCUT2D eigenvalue weighted by Crippen LogP contribution is -2.35. The molecule has 2 aliphatic heterocycles. The van der Waals surface area contributed by atoms with Crippen molar-refractivity contribution in [3.05, 3.63) is 23.9 Å². The Morgan fingerprint density at radius 1 is 1.59 bits per heavy atom. The van der Waals surface area contributed by atoms with E-state index < -0.39 is 11.5 Å². The van der Waals surface area contributed by atoms with Gasteiger partial charge in [-0.25, -0.2) is 0 Å². The van der Waals surface area contributed by atoms with Crippen LogP contribution in [0, 0.1) is 0 Å². The predicted molar refractivity (Wildman–Crippen MR) is 71.0 cm³/mol. The van der Waals surface area contributed by atoms with Gasteiger partial charge >= 0.3 is 0 Å². The first-order valence-electron chi connectivity index (χ1n) is 5.75. The van der Waals surface area contributed by atoms with Gasteiger partial charge in [-0.15, -0.1) is 11.8 Å². The summed E-state index contributed by atoms with van der Waals surface area (Å²) in [6, 6.07) is 0.281. The zero-order valence-corrected chi connectivity index (χ0v) is 10.9. The Balaban J connectivity index is 1.88. The zero-order chi connectivity index (χ0) is 12.4. The molecule has 0 fully saturated rings. The van der Waals surface area contributed by atoms with E-state index in [2.05, 4.69) is 29.0 Å². The molecule has 0 aliphatic carbocycles. The maximum Gasteiger partial charge on any atom is 0.128 e. The lowest BCUT2D eigenvalue weighted by Gasteiger charge is -2.26. The van der Waals surface area contributed by atoms with Crippen LogP contribution in [-0.2, 0) is 0 Å². The Labute approximate surface area is 106 Å². The monoisotopic (exact) mass is 254 g/mol. The van der Waals surface area contributed by atoms with E-state index in [-0.39, 0.29) is 6.04 Å². The third kappa shape index (κ3) is 2.91. The molecule has 17 heavy (non-hydrogen) atoms. The third-order valence-corrected chi connectivity index (χ3v) is 4.16. The quantitative estimate of drug-likeness (QED) is 0.734. The molecule has 0 saturated carbocycles. The SMILES string of the molecule is CC1=CC2=NCC(CSC(O)C(C)O)N2C=C1. The number of aliphatic hydroxyl groups excluding tert-OH is 2. The highest BCUT2D eigenvalue weighted by atomic mass is 32.2. The summed E-state index contributed by atoms with van der Waals surface area (Å²) in [7, 11) is 0. The van der Waals surface area contributed by atoms with E-state index in [9.17, 15) is 10.2 Å². The van der Waals surface area contributed by atoms with Gasteiger partial charge < -0.3 is 15.1 Å². The molecule has 2 rings (SSSR count). The van der Waals surface area contributed by atoms with Crippen molar-refractivity contribution in [2.24, 2.45) is 4.99 Å². The molecule has 0 radical (unpaired) electrons. The summed E-state index contributed by atoms with van der Waals surface area (Å²) in [5.74, 6) is 1.76. The van der Waals surface area contributed by atoms with E-state index in [0.29, 0.717) is 0 Å². The smallest absolute Gasteiger partial charge is 0.128 e. The number of allylic oxidation sites excluding steroid dienone is 2. The van der Waals surface area contributed by atoms with Crippen molar-refractivity contribution in [2.45, 2.75) is 31.4 Å². The minimum atomic E-state index is -0.718. The molecule has 4 nitrogen and oxygen atoms in total. The number of thioether (sulfide) groups is 1. The number of hydrogen-bond acceptors (Lipinski definition) is 5. The summed E-state index contributed by atoms with van der Waals surface area (Å²) in [5.41, 5.74) is 0.488. The Morgan fingerprint density at radius 2 is 2.35 bits per heavy atom. The van der Waals surface area contributed by atoms with Crippen molar-refractivity contribution in [3.8, 4) is 0 Å². The van der Waals surface area contributed by atoms with Crippen LogP contribution in [0.3, 0.4) is 0 Å². The second-order valence-electron chi connectivity index (χ2n) is 4.43. The van der Waals surface area contributed by atoms with Crippen LogP contribution in [0.15, 0.2) is 28.9 Å². The molecule has 3 unspecified atom stereocenters. The number of fused-ring (bicyclic) bond motifs is 1. The van der Waals surface area contributed by atoms with Crippen LogP contribution in [0.1, 0.15) is 13.8 Å². The Kier molecular flexibility index (Phi) is 3.91. The average Bonchev–Trinajstić information content (AvgIpc) is 2.67. The second-order valence-corrected chi connectivity index (χ2v) is 5.58. The van der Waals surface area contributed by atoms with Crippen LogP contribution in [0.5, 0.6) is 0 Å². The second kappa shape index (κ2) is 5.25. The molecule has 2 N–H and O–H groups in total. The lowest BCUT2D eigenvalue weighted by atomic mass is 10.2. The number of aliphatic hydroxyl groups is 2. The van der Waals surface area contributed by atoms with Crippen LogP contribution < -0.4 is 0 Å².